The minimum absolute atomic E-state index is 0.0948. The van der Waals surface area contributed by atoms with E-state index in [1.807, 2.05) is 0 Å². The van der Waals surface area contributed by atoms with Gasteiger partial charge in [0.05, 0.1) is 0 Å². The third kappa shape index (κ3) is 3.80. The second-order valence-corrected chi connectivity index (χ2v) is 7.13. The molecule has 0 aliphatic heterocycles. The predicted molar refractivity (Wildman–Crippen MR) is 82.6 cm³/mol. The second kappa shape index (κ2) is 5.26. The van der Waals surface area contributed by atoms with Gasteiger partial charge in [0.2, 0.25) is 0 Å². The van der Waals surface area contributed by atoms with Crippen LogP contribution in [0.1, 0.15) is 57.6 Å². The van der Waals surface area contributed by atoms with Gasteiger partial charge in [-0.05, 0) is 29.9 Å². The zero-order chi connectivity index (χ0) is 14.1. The molecule has 19 heavy (non-hydrogen) atoms. The van der Waals surface area contributed by atoms with E-state index in [1.54, 1.807) is 0 Å². The average molecular weight is 260 g/mol. The highest BCUT2D eigenvalue weighted by Gasteiger charge is 2.37. The Labute approximate surface area is 117 Å². The molecule has 0 bridgehead atoms. The normalized spacial score (nSPS) is 17.8. The summed E-state index contributed by atoms with van der Waals surface area (Å²) < 4.78 is 0. The Balaban J connectivity index is 1.93. The molecule has 0 spiro atoms. The van der Waals surface area contributed by atoms with Crippen molar-refractivity contribution in [2.75, 3.05) is 13.1 Å². The molecule has 1 aliphatic rings. The summed E-state index contributed by atoms with van der Waals surface area (Å²) in [6.45, 7) is 11.0. The van der Waals surface area contributed by atoms with Crippen LogP contribution in [0.2, 0.25) is 0 Å². The number of hydrogen-bond donors (Lipinski definition) is 2. The fraction of sp³-hybridized carbons (Fsp3) is 0.647. The number of nitrogens with two attached hydrogens (primary N) is 1. The molecule has 2 nitrogen and oxygen atoms in total. The van der Waals surface area contributed by atoms with Gasteiger partial charge < -0.3 is 11.1 Å². The van der Waals surface area contributed by atoms with Crippen molar-refractivity contribution in [2.45, 2.75) is 57.4 Å². The molecule has 106 valence electrons. The molecule has 0 unspecified atom stereocenters. The van der Waals surface area contributed by atoms with Gasteiger partial charge in [-0.25, -0.2) is 0 Å². The zero-order valence-corrected chi connectivity index (χ0v) is 12.8. The van der Waals surface area contributed by atoms with E-state index in [-0.39, 0.29) is 11.0 Å². The van der Waals surface area contributed by atoms with Crippen LogP contribution >= 0.6 is 0 Å². The fourth-order valence-electron chi connectivity index (χ4n) is 2.38. The topological polar surface area (TPSA) is 38.0 Å². The molecule has 1 aromatic carbocycles. The van der Waals surface area contributed by atoms with E-state index >= 15 is 0 Å². The number of hydrogen-bond acceptors (Lipinski definition) is 2. The summed E-state index contributed by atoms with van der Waals surface area (Å²) >= 11 is 0. The monoisotopic (exact) mass is 260 g/mol. The van der Waals surface area contributed by atoms with Crippen LogP contribution in [0.25, 0.3) is 0 Å². The molecule has 1 fully saturated rings. The number of rotatable bonds is 6. The predicted octanol–water partition coefficient (Wildman–Crippen LogP) is 3.17. The lowest BCUT2D eigenvalue weighted by Gasteiger charge is -2.27. The SMILES string of the molecule is CC(C)c1ccc(C(C)(C)CNCC2(N)CC2)cc1. The smallest absolute Gasteiger partial charge is 0.0282 e. The van der Waals surface area contributed by atoms with Gasteiger partial charge in [-0.3, -0.25) is 0 Å². The summed E-state index contributed by atoms with van der Waals surface area (Å²) in [7, 11) is 0. The summed E-state index contributed by atoms with van der Waals surface area (Å²) in [6.07, 6.45) is 2.34. The molecule has 1 saturated carbocycles. The lowest BCUT2D eigenvalue weighted by molar-refractivity contribution is 0.448. The highest BCUT2D eigenvalue weighted by atomic mass is 15.0. The van der Waals surface area contributed by atoms with E-state index < -0.39 is 0 Å². The van der Waals surface area contributed by atoms with E-state index in [0.717, 1.165) is 13.1 Å². The maximum Gasteiger partial charge on any atom is 0.0282 e. The van der Waals surface area contributed by atoms with Crippen molar-refractivity contribution in [3.05, 3.63) is 35.4 Å². The molecule has 2 rings (SSSR count). The standard InChI is InChI=1S/C17H28N2/c1-13(2)14-5-7-15(8-6-14)16(3,4)11-19-12-17(18)9-10-17/h5-8,13,19H,9-12,18H2,1-4H3. The van der Waals surface area contributed by atoms with E-state index in [1.165, 1.54) is 24.0 Å². The van der Waals surface area contributed by atoms with Crippen LogP contribution in [0, 0.1) is 0 Å². The van der Waals surface area contributed by atoms with Crippen molar-refractivity contribution in [3.63, 3.8) is 0 Å². The quantitative estimate of drug-likeness (QED) is 0.824. The van der Waals surface area contributed by atoms with Crippen molar-refractivity contribution in [1.82, 2.24) is 5.32 Å². The molecule has 0 saturated heterocycles. The summed E-state index contributed by atoms with van der Waals surface area (Å²) in [4.78, 5) is 0. The van der Waals surface area contributed by atoms with Crippen molar-refractivity contribution < 1.29 is 0 Å². The first-order valence-electron chi connectivity index (χ1n) is 7.42. The maximum atomic E-state index is 6.11. The lowest BCUT2D eigenvalue weighted by Crippen LogP contribution is -2.41. The number of nitrogens with one attached hydrogen (secondary N) is 1. The third-order valence-corrected chi connectivity index (χ3v) is 4.30. The van der Waals surface area contributed by atoms with Gasteiger partial charge in [-0.1, -0.05) is 52.0 Å². The molecule has 0 heterocycles. The average Bonchev–Trinajstić information content (AvgIpc) is 3.07. The van der Waals surface area contributed by atoms with Gasteiger partial charge in [0.1, 0.15) is 0 Å². The van der Waals surface area contributed by atoms with Crippen molar-refractivity contribution in [3.8, 4) is 0 Å². The van der Waals surface area contributed by atoms with E-state index in [0.29, 0.717) is 5.92 Å². The first-order valence-corrected chi connectivity index (χ1v) is 7.42. The van der Waals surface area contributed by atoms with Crippen LogP contribution in [0.15, 0.2) is 24.3 Å². The maximum absolute atomic E-state index is 6.11. The zero-order valence-electron chi connectivity index (χ0n) is 12.8. The minimum atomic E-state index is 0.0948. The summed E-state index contributed by atoms with van der Waals surface area (Å²) in [5.41, 5.74) is 9.16. The first kappa shape index (κ1) is 14.5. The second-order valence-electron chi connectivity index (χ2n) is 7.13. The Hall–Kier alpha value is -0.860. The van der Waals surface area contributed by atoms with Gasteiger partial charge >= 0.3 is 0 Å². The highest BCUT2D eigenvalue weighted by molar-refractivity contribution is 5.30. The van der Waals surface area contributed by atoms with E-state index in [4.69, 9.17) is 5.73 Å². The molecule has 0 radical (unpaired) electrons. The van der Waals surface area contributed by atoms with Crippen LogP contribution in [-0.2, 0) is 5.41 Å². The molecular formula is C17H28N2. The van der Waals surface area contributed by atoms with Crippen LogP contribution in [0.3, 0.4) is 0 Å². The minimum Gasteiger partial charge on any atom is -0.324 e. The van der Waals surface area contributed by atoms with Gasteiger partial charge in [0.15, 0.2) is 0 Å². The Bertz CT molecular complexity index is 413. The summed E-state index contributed by atoms with van der Waals surface area (Å²) in [6, 6.07) is 9.05. The Kier molecular flexibility index (Phi) is 4.03. The Morgan fingerprint density at radius 1 is 1.21 bits per heavy atom. The largest absolute Gasteiger partial charge is 0.324 e. The molecule has 0 aromatic heterocycles. The summed E-state index contributed by atoms with van der Waals surface area (Å²) in [5, 5.41) is 3.54. The molecule has 0 atom stereocenters. The van der Waals surface area contributed by atoms with Gasteiger partial charge in [0.25, 0.3) is 0 Å². The lowest BCUT2D eigenvalue weighted by atomic mass is 9.83. The van der Waals surface area contributed by atoms with Gasteiger partial charge in [-0.15, -0.1) is 0 Å². The third-order valence-electron chi connectivity index (χ3n) is 4.30. The number of benzene rings is 1. The first-order chi connectivity index (χ1) is 8.82. The Morgan fingerprint density at radius 3 is 2.26 bits per heavy atom. The van der Waals surface area contributed by atoms with Crippen LogP contribution in [0.5, 0.6) is 0 Å². The fourth-order valence-corrected chi connectivity index (χ4v) is 2.38. The molecule has 1 aliphatic carbocycles. The molecule has 2 heteroatoms. The highest BCUT2D eigenvalue weighted by Crippen LogP contribution is 2.31. The summed E-state index contributed by atoms with van der Waals surface area (Å²) in [5.74, 6) is 0.599. The molecule has 1 aromatic rings. The van der Waals surface area contributed by atoms with E-state index in [9.17, 15) is 0 Å². The van der Waals surface area contributed by atoms with Crippen LogP contribution < -0.4 is 11.1 Å². The van der Waals surface area contributed by atoms with Crippen molar-refractivity contribution >= 4 is 0 Å². The van der Waals surface area contributed by atoms with Crippen LogP contribution in [0.4, 0.5) is 0 Å². The van der Waals surface area contributed by atoms with Gasteiger partial charge in [0, 0.05) is 24.0 Å². The van der Waals surface area contributed by atoms with Crippen molar-refractivity contribution in [1.29, 1.82) is 0 Å². The van der Waals surface area contributed by atoms with Crippen molar-refractivity contribution in [2.24, 2.45) is 5.73 Å². The van der Waals surface area contributed by atoms with E-state index in [2.05, 4.69) is 57.3 Å². The molecular weight excluding hydrogens is 232 g/mol. The molecule has 0 amide bonds. The Morgan fingerprint density at radius 2 is 1.79 bits per heavy atom. The van der Waals surface area contributed by atoms with Crippen LogP contribution in [-0.4, -0.2) is 18.6 Å². The molecule has 3 N–H and O–H groups in total. The van der Waals surface area contributed by atoms with Gasteiger partial charge in [-0.2, -0.15) is 0 Å².